The minimum atomic E-state index is -1.61. The molecule has 1 fully saturated rings. The largest absolute Gasteiger partial charge is 0.472 e. The molecule has 0 bridgehead atoms. The van der Waals surface area contributed by atoms with E-state index in [-0.39, 0.29) is 30.6 Å². The van der Waals surface area contributed by atoms with E-state index in [1.807, 2.05) is 0 Å². The number of nitrogens with zero attached hydrogens (tertiary/aromatic N) is 1. The zero-order valence-corrected chi connectivity index (χ0v) is 13.2. The molecule has 0 saturated carbocycles. The Kier molecular flexibility index (Phi) is 6.71. The third-order valence-electron chi connectivity index (χ3n) is 3.85. The topological polar surface area (TPSA) is 102 Å². The highest BCUT2D eigenvalue weighted by Crippen LogP contribution is 2.17. The van der Waals surface area contributed by atoms with Crippen molar-refractivity contribution in [3.05, 3.63) is 35.6 Å². The number of carbonyl (C=O) groups excluding carboxylic acids is 2. The minimum absolute atomic E-state index is 0.0732. The van der Waals surface area contributed by atoms with E-state index in [1.54, 1.807) is 12.1 Å². The molecule has 0 aromatic heterocycles. The number of amides is 2. The normalized spacial score (nSPS) is 17.0. The predicted octanol–water partition coefficient (Wildman–Crippen LogP) is -0.965. The Hall–Kier alpha value is -1.97. The van der Waals surface area contributed by atoms with Gasteiger partial charge in [-0.3, -0.25) is 9.59 Å². The fraction of sp³-hybridized carbons (Fsp3) is 0.467. The average Bonchev–Trinajstić information content (AvgIpc) is 3.04. The van der Waals surface area contributed by atoms with E-state index < -0.39 is 13.2 Å². The highest BCUT2D eigenvalue weighted by atomic mass is 19.1. The summed E-state index contributed by atoms with van der Waals surface area (Å²) in [5, 5.41) is 23.0. The molecule has 1 aliphatic heterocycles. The summed E-state index contributed by atoms with van der Waals surface area (Å²) >= 11 is 0. The lowest BCUT2D eigenvalue weighted by atomic mass is 9.92. The third kappa shape index (κ3) is 5.29. The van der Waals surface area contributed by atoms with E-state index in [0.717, 1.165) is 12.0 Å². The van der Waals surface area contributed by atoms with Gasteiger partial charge in [-0.15, -0.1) is 0 Å². The van der Waals surface area contributed by atoms with Crippen LogP contribution in [-0.2, 0) is 16.1 Å². The first-order chi connectivity index (χ1) is 11.5. The van der Waals surface area contributed by atoms with Crippen LogP contribution >= 0.6 is 0 Å². The van der Waals surface area contributed by atoms with Gasteiger partial charge in [0.1, 0.15) is 11.9 Å². The van der Waals surface area contributed by atoms with Gasteiger partial charge in [0, 0.05) is 13.1 Å². The summed E-state index contributed by atoms with van der Waals surface area (Å²) < 4.78 is 12.8. The van der Waals surface area contributed by atoms with E-state index in [4.69, 9.17) is 10.0 Å². The van der Waals surface area contributed by atoms with Crippen molar-refractivity contribution in [3.8, 4) is 0 Å². The highest BCUT2D eigenvalue weighted by Gasteiger charge is 2.33. The summed E-state index contributed by atoms with van der Waals surface area (Å²) in [5.74, 6) is -0.888. The molecule has 9 heteroatoms. The van der Waals surface area contributed by atoms with Gasteiger partial charge in [-0.1, -0.05) is 12.1 Å². The molecule has 1 heterocycles. The molecule has 24 heavy (non-hydrogen) atoms. The second-order valence-corrected chi connectivity index (χ2v) is 5.70. The van der Waals surface area contributed by atoms with Gasteiger partial charge in [-0.2, -0.15) is 0 Å². The fourth-order valence-corrected chi connectivity index (χ4v) is 2.67. The first kappa shape index (κ1) is 18.4. The lowest BCUT2D eigenvalue weighted by Crippen LogP contribution is -2.50. The predicted molar refractivity (Wildman–Crippen MR) is 86.0 cm³/mol. The Labute approximate surface area is 140 Å². The average molecular weight is 337 g/mol. The standard InChI is InChI=1S/C15H21BFN3O4/c17-12-5-3-11(4-6-12)8-18-9-14(21)20-7-1-2-13(20)15(22)19-10-16(23)24/h3-6,13,18,23-24H,1-2,7-10H2,(H,19,22). The van der Waals surface area contributed by atoms with E-state index in [9.17, 15) is 14.0 Å². The second-order valence-electron chi connectivity index (χ2n) is 5.70. The van der Waals surface area contributed by atoms with Crippen LogP contribution in [0.15, 0.2) is 24.3 Å². The quantitative estimate of drug-likeness (QED) is 0.480. The van der Waals surface area contributed by atoms with Crippen LogP contribution in [0.2, 0.25) is 0 Å². The molecule has 1 aliphatic rings. The van der Waals surface area contributed by atoms with Crippen LogP contribution in [0, 0.1) is 5.82 Å². The molecule has 1 aromatic carbocycles. The lowest BCUT2D eigenvalue weighted by molar-refractivity contribution is -0.137. The molecule has 7 nitrogen and oxygen atoms in total. The molecule has 2 amide bonds. The molecule has 1 atom stereocenters. The molecule has 0 spiro atoms. The summed E-state index contributed by atoms with van der Waals surface area (Å²) in [6.45, 7) is 0.994. The fourth-order valence-electron chi connectivity index (χ4n) is 2.67. The Morgan fingerprint density at radius 1 is 1.29 bits per heavy atom. The lowest BCUT2D eigenvalue weighted by Gasteiger charge is -2.24. The molecule has 4 N–H and O–H groups in total. The SMILES string of the molecule is O=C(NCB(O)O)C1CCCN1C(=O)CNCc1ccc(F)cc1. The number of hydrogen-bond acceptors (Lipinski definition) is 5. The third-order valence-corrected chi connectivity index (χ3v) is 3.85. The molecule has 130 valence electrons. The molecular formula is C15H21BFN3O4. The van der Waals surface area contributed by atoms with Crippen LogP contribution in [0.3, 0.4) is 0 Å². The second kappa shape index (κ2) is 8.77. The van der Waals surface area contributed by atoms with Crippen molar-refractivity contribution in [1.82, 2.24) is 15.5 Å². The van der Waals surface area contributed by atoms with Crippen molar-refractivity contribution < 1.29 is 24.0 Å². The van der Waals surface area contributed by atoms with Gasteiger partial charge in [0.15, 0.2) is 0 Å². The number of likely N-dealkylation sites (tertiary alicyclic amines) is 1. The van der Waals surface area contributed by atoms with Crippen molar-refractivity contribution in [1.29, 1.82) is 0 Å². The maximum atomic E-state index is 12.8. The summed E-state index contributed by atoms with van der Waals surface area (Å²) in [6, 6.07) is 5.41. The van der Waals surface area contributed by atoms with Gasteiger partial charge in [0.25, 0.3) is 0 Å². The summed E-state index contributed by atoms with van der Waals surface area (Å²) in [4.78, 5) is 25.8. The zero-order chi connectivity index (χ0) is 17.5. The Bertz CT molecular complexity index is 570. The van der Waals surface area contributed by atoms with Crippen LogP contribution in [0.25, 0.3) is 0 Å². The van der Waals surface area contributed by atoms with Crippen LogP contribution in [-0.4, -0.2) is 59.5 Å². The van der Waals surface area contributed by atoms with Crippen molar-refractivity contribution in [2.24, 2.45) is 0 Å². The summed E-state index contributed by atoms with van der Waals surface area (Å²) in [6.07, 6.45) is 1.01. The van der Waals surface area contributed by atoms with E-state index in [0.29, 0.717) is 19.5 Å². The Morgan fingerprint density at radius 3 is 2.67 bits per heavy atom. The number of rotatable bonds is 7. The molecule has 1 unspecified atom stereocenters. The van der Waals surface area contributed by atoms with Crippen molar-refractivity contribution in [2.75, 3.05) is 19.5 Å². The molecule has 0 aliphatic carbocycles. The highest BCUT2D eigenvalue weighted by molar-refractivity contribution is 6.41. The molecule has 2 rings (SSSR count). The van der Waals surface area contributed by atoms with Crippen molar-refractivity contribution in [2.45, 2.75) is 25.4 Å². The minimum Gasteiger partial charge on any atom is -0.426 e. The van der Waals surface area contributed by atoms with Gasteiger partial charge in [-0.05, 0) is 30.5 Å². The smallest absolute Gasteiger partial charge is 0.426 e. The molecule has 1 aromatic rings. The van der Waals surface area contributed by atoms with E-state index in [2.05, 4.69) is 10.6 Å². The number of hydrogen-bond donors (Lipinski definition) is 4. The van der Waals surface area contributed by atoms with E-state index in [1.165, 1.54) is 17.0 Å². The van der Waals surface area contributed by atoms with Crippen LogP contribution in [0.1, 0.15) is 18.4 Å². The number of halogens is 1. The molecule has 1 saturated heterocycles. The zero-order valence-electron chi connectivity index (χ0n) is 13.2. The Morgan fingerprint density at radius 2 is 2.00 bits per heavy atom. The first-order valence-corrected chi connectivity index (χ1v) is 7.86. The van der Waals surface area contributed by atoms with Crippen molar-refractivity contribution >= 4 is 18.9 Å². The van der Waals surface area contributed by atoms with Crippen LogP contribution < -0.4 is 10.6 Å². The van der Waals surface area contributed by atoms with Gasteiger partial charge < -0.3 is 25.6 Å². The van der Waals surface area contributed by atoms with Gasteiger partial charge >= 0.3 is 7.12 Å². The maximum absolute atomic E-state index is 12.8. The number of nitrogens with one attached hydrogen (secondary N) is 2. The number of carbonyl (C=O) groups is 2. The van der Waals surface area contributed by atoms with Crippen LogP contribution in [0.5, 0.6) is 0 Å². The maximum Gasteiger partial charge on any atom is 0.472 e. The first-order valence-electron chi connectivity index (χ1n) is 7.86. The molecule has 0 radical (unpaired) electrons. The van der Waals surface area contributed by atoms with Crippen LogP contribution in [0.4, 0.5) is 4.39 Å². The number of benzene rings is 1. The monoisotopic (exact) mass is 337 g/mol. The summed E-state index contributed by atoms with van der Waals surface area (Å²) in [7, 11) is -1.61. The van der Waals surface area contributed by atoms with Gasteiger partial charge in [0.2, 0.25) is 11.8 Å². The van der Waals surface area contributed by atoms with Crippen molar-refractivity contribution in [3.63, 3.8) is 0 Å². The van der Waals surface area contributed by atoms with E-state index >= 15 is 0 Å². The summed E-state index contributed by atoms with van der Waals surface area (Å²) in [5.41, 5.74) is 0.858. The molecular weight excluding hydrogens is 316 g/mol. The Balaban J connectivity index is 1.79. The van der Waals surface area contributed by atoms with Gasteiger partial charge in [-0.25, -0.2) is 4.39 Å². The van der Waals surface area contributed by atoms with Gasteiger partial charge in [0.05, 0.1) is 13.0 Å².